The van der Waals surface area contributed by atoms with Crippen molar-refractivity contribution in [3.05, 3.63) is 34.1 Å². The van der Waals surface area contributed by atoms with Gasteiger partial charge in [0.25, 0.3) is 11.8 Å². The Hall–Kier alpha value is -2.13. The fraction of sp³-hybridized carbons (Fsp3) is 0.250. The molecule has 0 bridgehead atoms. The predicted molar refractivity (Wildman–Crippen MR) is 121 cm³/mol. The Morgan fingerprint density at radius 1 is 1.48 bits per heavy atom. The summed E-state index contributed by atoms with van der Waals surface area (Å²) in [6.07, 6.45) is 1.60. The summed E-state index contributed by atoms with van der Waals surface area (Å²) in [6, 6.07) is -0.866. The van der Waals surface area contributed by atoms with Crippen LogP contribution in [0.4, 0.5) is 5.13 Å². The summed E-state index contributed by atoms with van der Waals surface area (Å²) in [7, 11) is 0. The highest BCUT2D eigenvalue weighted by molar-refractivity contribution is 8.01. The number of carbonyl (C=O) groups excluding carboxylic acids is 2. The summed E-state index contributed by atoms with van der Waals surface area (Å²) in [4.78, 5) is 42.6. The van der Waals surface area contributed by atoms with Crippen molar-refractivity contribution in [1.82, 2.24) is 24.8 Å². The predicted octanol–water partition coefficient (Wildman–Crippen LogP) is 1.69. The number of hydrogen-bond donors (Lipinski definition) is 3. The van der Waals surface area contributed by atoms with Crippen LogP contribution in [0.15, 0.2) is 32.6 Å². The smallest absolute Gasteiger partial charge is 0.352 e. The Kier molecular flexibility index (Phi) is 6.52. The lowest BCUT2D eigenvalue weighted by Crippen LogP contribution is -2.70. The summed E-state index contributed by atoms with van der Waals surface area (Å²) < 4.78 is 4.63. The number of nitrogens with zero attached hydrogens (tertiary/aromatic N) is 4. The minimum absolute atomic E-state index is 0.0374. The zero-order chi connectivity index (χ0) is 22.1. The molecule has 0 aliphatic carbocycles. The topological polar surface area (TPSA) is 151 Å². The molecule has 2 aliphatic heterocycles. The van der Waals surface area contributed by atoms with Crippen LogP contribution in [0.3, 0.4) is 0 Å². The molecule has 2 aliphatic rings. The molecule has 31 heavy (non-hydrogen) atoms. The van der Waals surface area contributed by atoms with E-state index in [9.17, 15) is 19.5 Å². The summed E-state index contributed by atoms with van der Waals surface area (Å²) in [6.45, 7) is 0. The highest BCUT2D eigenvalue weighted by Gasteiger charge is 2.54. The Balaban J connectivity index is 1.48. The van der Waals surface area contributed by atoms with Crippen LogP contribution in [-0.2, 0) is 14.4 Å². The molecule has 4 heterocycles. The third kappa shape index (κ3) is 4.30. The molecule has 15 heteroatoms. The fourth-order valence-corrected chi connectivity index (χ4v) is 6.71. The van der Waals surface area contributed by atoms with E-state index in [0.29, 0.717) is 22.8 Å². The van der Waals surface area contributed by atoms with Crippen molar-refractivity contribution in [3.8, 4) is 0 Å². The Morgan fingerprint density at radius 2 is 2.29 bits per heavy atom. The van der Waals surface area contributed by atoms with Gasteiger partial charge in [-0.1, -0.05) is 16.1 Å². The maximum Gasteiger partial charge on any atom is 0.352 e. The minimum atomic E-state index is -1.18. The van der Waals surface area contributed by atoms with Gasteiger partial charge in [-0.15, -0.1) is 40.0 Å². The number of carbonyl (C=O) groups is 3. The number of nitrogen functional groups attached to an aromatic ring is 1. The first-order valence-electron chi connectivity index (χ1n) is 8.53. The largest absolute Gasteiger partial charge is 0.477 e. The molecule has 1 fully saturated rings. The highest BCUT2D eigenvalue weighted by Crippen LogP contribution is 2.42. The van der Waals surface area contributed by atoms with Crippen LogP contribution in [0.2, 0.25) is 0 Å². The first-order valence-corrected chi connectivity index (χ1v) is 12.7. The number of nitrogens with two attached hydrogens (primary N) is 1. The molecule has 0 aromatic carbocycles. The lowest BCUT2D eigenvalue weighted by molar-refractivity contribution is -0.150. The number of halogens is 1. The first-order chi connectivity index (χ1) is 14.9. The van der Waals surface area contributed by atoms with E-state index in [4.69, 9.17) is 17.3 Å². The van der Waals surface area contributed by atoms with E-state index in [-0.39, 0.29) is 16.4 Å². The maximum absolute atomic E-state index is 12.8. The average Bonchev–Trinajstić information content (AvgIpc) is 3.42. The number of β-lactam (4-membered cyclic amide) rings is 1. The number of carboxylic acid groups (broad SMARTS) is 1. The molecular formula is C16H13ClN6O4S4. The number of amides is 2. The molecule has 10 nitrogen and oxygen atoms in total. The van der Waals surface area contributed by atoms with Crippen LogP contribution < -0.4 is 11.1 Å². The average molecular weight is 517 g/mol. The molecule has 1 unspecified atom stereocenters. The fourth-order valence-electron chi connectivity index (χ4n) is 3.03. The quantitative estimate of drug-likeness (QED) is 0.281. The monoisotopic (exact) mass is 516 g/mol. The Labute approximate surface area is 197 Å². The van der Waals surface area contributed by atoms with Crippen molar-refractivity contribution in [2.24, 2.45) is 0 Å². The number of thiazole rings is 1. The summed E-state index contributed by atoms with van der Waals surface area (Å²) in [5.74, 6) is -1.44. The molecule has 4 N–H and O–H groups in total. The molecule has 0 saturated carbocycles. The van der Waals surface area contributed by atoms with Gasteiger partial charge in [0.05, 0.1) is 17.5 Å². The van der Waals surface area contributed by atoms with Gasteiger partial charge in [0.1, 0.15) is 21.3 Å². The number of thioether (sulfide) groups is 2. The molecule has 0 spiro atoms. The van der Waals surface area contributed by atoms with Gasteiger partial charge in [0.2, 0.25) is 0 Å². The van der Waals surface area contributed by atoms with Gasteiger partial charge in [0.15, 0.2) is 5.13 Å². The minimum Gasteiger partial charge on any atom is -0.477 e. The Morgan fingerprint density at radius 3 is 2.90 bits per heavy atom. The van der Waals surface area contributed by atoms with Crippen LogP contribution in [0.1, 0.15) is 5.69 Å². The van der Waals surface area contributed by atoms with Crippen LogP contribution in [0, 0.1) is 0 Å². The molecule has 0 radical (unpaired) electrons. The molecular weight excluding hydrogens is 504 g/mol. The number of fused-ring (bicyclic) bond motifs is 1. The van der Waals surface area contributed by atoms with Gasteiger partial charge in [-0.2, -0.15) is 0 Å². The van der Waals surface area contributed by atoms with Gasteiger partial charge < -0.3 is 16.2 Å². The number of aromatic nitrogens is 3. The number of aliphatic carboxylic acids is 1. The molecule has 2 amide bonds. The van der Waals surface area contributed by atoms with E-state index in [1.807, 2.05) is 0 Å². The van der Waals surface area contributed by atoms with Crippen molar-refractivity contribution in [2.45, 2.75) is 15.6 Å². The number of anilines is 1. The highest BCUT2D eigenvalue weighted by atomic mass is 35.5. The normalized spacial score (nSPS) is 21.0. The first kappa shape index (κ1) is 22.1. The third-order valence-corrected chi connectivity index (χ3v) is 8.57. The number of carboxylic acids is 1. The molecule has 162 valence electrons. The van der Waals surface area contributed by atoms with Gasteiger partial charge in [-0.25, -0.2) is 9.78 Å². The van der Waals surface area contributed by atoms with E-state index in [1.54, 1.807) is 11.6 Å². The van der Waals surface area contributed by atoms with E-state index in [1.165, 1.54) is 40.0 Å². The standard InChI is InChI=1S/C16H13ClN6O4S4/c17-1-7(8-5-30-16(18)20-8)12(24)21-10-13(25)23-11(15(26)27)6(4-29-14(10)23)3-28-9-2-19-22-31-9/h1-2,5,10,14H,3-4H2,(H2,18,20)(H,21,24)(H,26,27)/t10?,14-/m1/s1. The van der Waals surface area contributed by atoms with E-state index < -0.39 is 29.2 Å². The summed E-state index contributed by atoms with van der Waals surface area (Å²) >= 11 is 11.0. The van der Waals surface area contributed by atoms with Crippen molar-refractivity contribution in [3.63, 3.8) is 0 Å². The molecule has 4 rings (SSSR count). The third-order valence-electron chi connectivity index (χ3n) is 4.42. The van der Waals surface area contributed by atoms with Crippen LogP contribution in [-0.4, -0.2) is 65.3 Å². The maximum atomic E-state index is 12.8. The van der Waals surface area contributed by atoms with Crippen molar-refractivity contribution < 1.29 is 19.5 Å². The van der Waals surface area contributed by atoms with Gasteiger partial charge in [-0.3, -0.25) is 14.5 Å². The van der Waals surface area contributed by atoms with Gasteiger partial charge >= 0.3 is 5.97 Å². The van der Waals surface area contributed by atoms with Crippen LogP contribution in [0.5, 0.6) is 0 Å². The van der Waals surface area contributed by atoms with Crippen LogP contribution >= 0.6 is 58.0 Å². The SMILES string of the molecule is Nc1nc(C(=CCl)C(=O)NC2C(=O)N3C(C(=O)O)=C(CSc4cnns4)CS[C@H]23)cs1. The zero-order valence-corrected chi connectivity index (χ0v) is 19.4. The van der Waals surface area contributed by atoms with Crippen molar-refractivity contribution in [2.75, 3.05) is 17.2 Å². The second-order valence-electron chi connectivity index (χ2n) is 6.24. The number of rotatable bonds is 7. The lowest BCUT2D eigenvalue weighted by Gasteiger charge is -2.49. The second kappa shape index (κ2) is 9.16. The number of hydrogen-bond acceptors (Lipinski definition) is 11. The van der Waals surface area contributed by atoms with E-state index in [2.05, 4.69) is 19.9 Å². The van der Waals surface area contributed by atoms with Gasteiger partial charge in [-0.05, 0) is 17.1 Å². The molecule has 2 aromatic heterocycles. The Bertz CT molecular complexity index is 1100. The van der Waals surface area contributed by atoms with Crippen molar-refractivity contribution >= 4 is 86.5 Å². The summed E-state index contributed by atoms with van der Waals surface area (Å²) in [5, 5.41) is 17.5. The molecule has 2 atom stereocenters. The second-order valence-corrected chi connectivity index (χ2v) is 10.5. The zero-order valence-electron chi connectivity index (χ0n) is 15.4. The van der Waals surface area contributed by atoms with E-state index in [0.717, 1.165) is 21.1 Å². The van der Waals surface area contributed by atoms with Crippen molar-refractivity contribution in [1.29, 1.82) is 0 Å². The summed E-state index contributed by atoms with van der Waals surface area (Å²) in [5.41, 5.74) is 7.65. The lowest BCUT2D eigenvalue weighted by atomic mass is 10.0. The van der Waals surface area contributed by atoms with Crippen LogP contribution in [0.25, 0.3) is 5.57 Å². The number of nitrogens with one attached hydrogen (secondary N) is 1. The molecule has 1 saturated heterocycles. The van der Waals surface area contributed by atoms with Gasteiger partial charge in [0, 0.05) is 22.4 Å². The molecule has 2 aromatic rings. The van der Waals surface area contributed by atoms with E-state index >= 15 is 0 Å².